The van der Waals surface area contributed by atoms with E-state index in [1.54, 1.807) is 16.8 Å². The standard InChI is InChI=1S/C15H14N6OS/c1-2-8-17-14(22)10-23-15-19-18-13-7-6-12(20-21(13)15)11-5-3-4-9-16-11/h2-7,9H,1,8,10H2,(H,17,22). The SMILES string of the molecule is C=CCNC(=O)CSc1nnc2ccc(-c3ccccn3)nn12. The number of amides is 1. The van der Waals surface area contributed by atoms with Crippen LogP contribution in [0, 0.1) is 0 Å². The summed E-state index contributed by atoms with van der Waals surface area (Å²) in [7, 11) is 0. The third kappa shape index (κ3) is 3.54. The van der Waals surface area contributed by atoms with Gasteiger partial charge in [0.1, 0.15) is 5.69 Å². The van der Waals surface area contributed by atoms with Gasteiger partial charge in [-0.3, -0.25) is 9.78 Å². The number of hydrogen-bond donors (Lipinski definition) is 1. The number of aromatic nitrogens is 5. The van der Waals surface area contributed by atoms with Crippen molar-refractivity contribution in [3.8, 4) is 11.4 Å². The highest BCUT2D eigenvalue weighted by Gasteiger charge is 2.11. The Morgan fingerprint density at radius 1 is 1.26 bits per heavy atom. The predicted molar refractivity (Wildman–Crippen MR) is 87.9 cm³/mol. The van der Waals surface area contributed by atoms with Gasteiger partial charge in [-0.15, -0.1) is 16.8 Å². The minimum Gasteiger partial charge on any atom is -0.352 e. The summed E-state index contributed by atoms with van der Waals surface area (Å²) < 4.78 is 1.62. The molecule has 1 amide bonds. The topological polar surface area (TPSA) is 85.1 Å². The van der Waals surface area contributed by atoms with Crippen molar-refractivity contribution in [3.63, 3.8) is 0 Å². The van der Waals surface area contributed by atoms with Crippen molar-refractivity contribution in [3.05, 3.63) is 49.2 Å². The summed E-state index contributed by atoms with van der Waals surface area (Å²) in [5.74, 6) is 0.150. The second kappa shape index (κ2) is 7.01. The molecule has 8 heteroatoms. The molecule has 0 bridgehead atoms. The van der Waals surface area contributed by atoms with Gasteiger partial charge in [-0.05, 0) is 24.3 Å². The number of thioether (sulfide) groups is 1. The fraction of sp³-hybridized carbons (Fsp3) is 0.133. The molecule has 0 saturated heterocycles. The van der Waals surface area contributed by atoms with Crippen LogP contribution in [-0.4, -0.2) is 43.0 Å². The van der Waals surface area contributed by atoms with Gasteiger partial charge in [0.25, 0.3) is 0 Å². The molecule has 23 heavy (non-hydrogen) atoms. The summed E-state index contributed by atoms with van der Waals surface area (Å²) in [5, 5.41) is 15.9. The lowest BCUT2D eigenvalue weighted by Crippen LogP contribution is -2.25. The van der Waals surface area contributed by atoms with Crippen LogP contribution < -0.4 is 5.32 Å². The number of carbonyl (C=O) groups is 1. The third-order valence-corrected chi connectivity index (χ3v) is 3.86. The molecule has 0 aliphatic rings. The molecule has 0 radical (unpaired) electrons. The molecule has 0 fully saturated rings. The molecule has 3 aromatic heterocycles. The summed E-state index contributed by atoms with van der Waals surface area (Å²) in [6, 6.07) is 9.31. The Kier molecular flexibility index (Phi) is 4.62. The Bertz CT molecular complexity index is 832. The number of fused-ring (bicyclic) bond motifs is 1. The molecule has 3 heterocycles. The minimum absolute atomic E-state index is 0.0902. The summed E-state index contributed by atoms with van der Waals surface area (Å²) in [4.78, 5) is 15.9. The lowest BCUT2D eigenvalue weighted by Gasteiger charge is -2.03. The second-order valence-electron chi connectivity index (χ2n) is 4.57. The Morgan fingerprint density at radius 3 is 2.96 bits per heavy atom. The Hall–Kier alpha value is -2.74. The first kappa shape index (κ1) is 15.2. The quantitative estimate of drug-likeness (QED) is 0.547. The van der Waals surface area contributed by atoms with Gasteiger partial charge in [0, 0.05) is 12.7 Å². The van der Waals surface area contributed by atoms with Crippen molar-refractivity contribution >= 4 is 23.3 Å². The summed E-state index contributed by atoms with van der Waals surface area (Å²) in [6.45, 7) is 4.00. The lowest BCUT2D eigenvalue weighted by molar-refractivity contribution is -0.118. The Morgan fingerprint density at radius 2 is 2.17 bits per heavy atom. The second-order valence-corrected chi connectivity index (χ2v) is 5.51. The van der Waals surface area contributed by atoms with Crippen LogP contribution in [0.25, 0.3) is 17.0 Å². The van der Waals surface area contributed by atoms with Gasteiger partial charge in [-0.25, -0.2) is 0 Å². The van der Waals surface area contributed by atoms with Crippen molar-refractivity contribution in [2.45, 2.75) is 5.16 Å². The molecule has 0 aromatic carbocycles. The molecular weight excluding hydrogens is 312 g/mol. The molecule has 1 N–H and O–H groups in total. The van der Waals surface area contributed by atoms with Gasteiger partial charge in [-0.2, -0.15) is 9.61 Å². The zero-order valence-electron chi connectivity index (χ0n) is 12.2. The monoisotopic (exact) mass is 326 g/mol. The van der Waals surface area contributed by atoms with E-state index >= 15 is 0 Å². The van der Waals surface area contributed by atoms with Gasteiger partial charge in [0.05, 0.1) is 11.4 Å². The molecule has 0 saturated carbocycles. The fourth-order valence-corrected chi connectivity index (χ4v) is 2.59. The molecule has 0 atom stereocenters. The van der Waals surface area contributed by atoms with Crippen molar-refractivity contribution in [1.82, 2.24) is 30.1 Å². The van der Waals surface area contributed by atoms with Crippen molar-refractivity contribution in [1.29, 1.82) is 0 Å². The zero-order valence-corrected chi connectivity index (χ0v) is 13.0. The predicted octanol–water partition coefficient (Wildman–Crippen LogP) is 1.58. The highest BCUT2D eigenvalue weighted by molar-refractivity contribution is 7.99. The minimum atomic E-state index is -0.0902. The molecule has 7 nitrogen and oxygen atoms in total. The van der Waals surface area contributed by atoms with E-state index in [-0.39, 0.29) is 11.7 Å². The van der Waals surface area contributed by atoms with Crippen molar-refractivity contribution < 1.29 is 4.79 Å². The molecule has 116 valence electrons. The molecule has 0 spiro atoms. The first-order valence-corrected chi connectivity index (χ1v) is 7.91. The smallest absolute Gasteiger partial charge is 0.230 e. The number of carbonyl (C=O) groups excluding carboxylic acids is 1. The summed E-state index contributed by atoms with van der Waals surface area (Å²) in [6.07, 6.45) is 3.35. The maximum atomic E-state index is 11.7. The maximum absolute atomic E-state index is 11.7. The molecular formula is C15H14N6OS. The third-order valence-electron chi connectivity index (χ3n) is 2.94. The van der Waals surface area contributed by atoms with Crippen LogP contribution >= 0.6 is 11.8 Å². The van der Waals surface area contributed by atoms with Gasteiger partial charge in [-0.1, -0.05) is 23.9 Å². The summed E-state index contributed by atoms with van der Waals surface area (Å²) in [5.41, 5.74) is 2.11. The number of nitrogens with one attached hydrogen (secondary N) is 1. The fourth-order valence-electron chi connectivity index (χ4n) is 1.88. The molecule has 0 aliphatic heterocycles. The van der Waals surface area contributed by atoms with Crippen LogP contribution in [0.2, 0.25) is 0 Å². The van der Waals surface area contributed by atoms with E-state index in [1.807, 2.05) is 30.3 Å². The zero-order chi connectivity index (χ0) is 16.1. The van der Waals surface area contributed by atoms with Crippen LogP contribution in [0.1, 0.15) is 0 Å². The highest BCUT2D eigenvalue weighted by atomic mass is 32.2. The summed E-state index contributed by atoms with van der Waals surface area (Å²) >= 11 is 1.28. The van der Waals surface area contributed by atoms with Gasteiger partial charge in [0.15, 0.2) is 5.65 Å². The Labute approximate surface area is 136 Å². The number of rotatable bonds is 6. The van der Waals surface area contributed by atoms with Crippen LogP contribution in [0.5, 0.6) is 0 Å². The van der Waals surface area contributed by atoms with Crippen LogP contribution in [-0.2, 0) is 4.79 Å². The molecule has 3 aromatic rings. The van der Waals surface area contributed by atoms with Gasteiger partial charge in [0.2, 0.25) is 11.1 Å². The molecule has 3 rings (SSSR count). The van der Waals surface area contributed by atoms with E-state index in [9.17, 15) is 4.79 Å². The van der Waals surface area contributed by atoms with Crippen LogP contribution in [0.4, 0.5) is 0 Å². The number of hydrogen-bond acceptors (Lipinski definition) is 6. The number of pyridine rings is 1. The average molecular weight is 326 g/mol. The Balaban J connectivity index is 1.81. The van der Waals surface area contributed by atoms with Crippen LogP contribution in [0.15, 0.2) is 54.3 Å². The van der Waals surface area contributed by atoms with Gasteiger partial charge < -0.3 is 5.32 Å². The van der Waals surface area contributed by atoms with E-state index in [2.05, 4.69) is 32.2 Å². The number of nitrogens with zero attached hydrogens (tertiary/aromatic N) is 5. The van der Waals surface area contributed by atoms with Crippen LogP contribution in [0.3, 0.4) is 0 Å². The van der Waals surface area contributed by atoms with E-state index in [1.165, 1.54) is 11.8 Å². The molecule has 0 unspecified atom stereocenters. The van der Waals surface area contributed by atoms with E-state index in [0.29, 0.717) is 17.3 Å². The van der Waals surface area contributed by atoms with E-state index in [0.717, 1.165) is 11.4 Å². The highest BCUT2D eigenvalue weighted by Crippen LogP contribution is 2.19. The first-order valence-electron chi connectivity index (χ1n) is 6.92. The maximum Gasteiger partial charge on any atom is 0.230 e. The largest absolute Gasteiger partial charge is 0.352 e. The molecule has 0 aliphatic carbocycles. The lowest BCUT2D eigenvalue weighted by atomic mass is 10.2. The van der Waals surface area contributed by atoms with E-state index in [4.69, 9.17) is 0 Å². The van der Waals surface area contributed by atoms with Crippen molar-refractivity contribution in [2.75, 3.05) is 12.3 Å². The van der Waals surface area contributed by atoms with E-state index < -0.39 is 0 Å². The first-order chi connectivity index (χ1) is 11.3. The van der Waals surface area contributed by atoms with Crippen molar-refractivity contribution in [2.24, 2.45) is 0 Å². The normalized spacial score (nSPS) is 10.6. The van der Waals surface area contributed by atoms with Gasteiger partial charge >= 0.3 is 0 Å². The average Bonchev–Trinajstić information content (AvgIpc) is 3.01.